The number of rotatable bonds is 3. The van der Waals surface area contributed by atoms with Gasteiger partial charge < -0.3 is 10.2 Å². The Morgan fingerprint density at radius 2 is 2.05 bits per heavy atom. The largest absolute Gasteiger partial charge is 0.364 e. The molecule has 0 amide bonds. The van der Waals surface area contributed by atoms with Gasteiger partial charge in [0.1, 0.15) is 0 Å². The van der Waals surface area contributed by atoms with E-state index < -0.39 is 4.92 Å². The summed E-state index contributed by atoms with van der Waals surface area (Å²) in [6, 6.07) is 2.55. The van der Waals surface area contributed by atoms with E-state index >= 15 is 0 Å². The molecule has 20 heavy (non-hydrogen) atoms. The van der Waals surface area contributed by atoms with Crippen molar-refractivity contribution in [3.8, 4) is 0 Å². The predicted octanol–water partition coefficient (Wildman–Crippen LogP) is 1.21. The van der Waals surface area contributed by atoms with E-state index in [4.69, 9.17) is 0 Å². The number of hydrogen-bond acceptors (Lipinski definition) is 5. The van der Waals surface area contributed by atoms with E-state index in [1.165, 1.54) is 31.4 Å². The molecular weight excluding hydrogens is 260 g/mol. The molecule has 1 N–H and O–H groups in total. The van der Waals surface area contributed by atoms with Crippen molar-refractivity contribution in [3.63, 3.8) is 0 Å². The second kappa shape index (κ2) is 5.24. The van der Waals surface area contributed by atoms with Crippen molar-refractivity contribution in [2.75, 3.05) is 31.5 Å². The maximum atomic E-state index is 12.0. The quantitative estimate of drug-likeness (QED) is 0.664. The van der Waals surface area contributed by atoms with Gasteiger partial charge in [-0.3, -0.25) is 19.5 Å². The number of anilines is 1. The average molecular weight is 278 g/mol. The molecule has 1 unspecified atom stereocenters. The highest BCUT2D eigenvalue weighted by atomic mass is 16.6. The van der Waals surface area contributed by atoms with Gasteiger partial charge in [-0.05, 0) is 25.9 Å². The highest BCUT2D eigenvalue weighted by Gasteiger charge is 2.30. The van der Waals surface area contributed by atoms with Crippen molar-refractivity contribution < 1.29 is 4.92 Å². The number of likely N-dealkylation sites (tertiary alicyclic amines) is 1. The Hall–Kier alpha value is -1.89. The van der Waals surface area contributed by atoms with E-state index in [0.717, 1.165) is 19.6 Å². The van der Waals surface area contributed by atoms with Crippen LogP contribution in [0.15, 0.2) is 16.9 Å². The molecule has 1 atom stereocenters. The van der Waals surface area contributed by atoms with Crippen LogP contribution in [-0.2, 0) is 0 Å². The number of nitrogens with one attached hydrogen (secondary N) is 1. The minimum atomic E-state index is -0.443. The van der Waals surface area contributed by atoms with Crippen LogP contribution in [-0.4, -0.2) is 40.6 Å². The lowest BCUT2D eigenvalue weighted by molar-refractivity contribution is -0.384. The highest BCUT2D eigenvalue weighted by molar-refractivity contribution is 5.58. The fourth-order valence-corrected chi connectivity index (χ4v) is 3.12. The maximum absolute atomic E-state index is 12.0. The van der Waals surface area contributed by atoms with Gasteiger partial charge in [0.2, 0.25) is 0 Å². The van der Waals surface area contributed by atoms with Gasteiger partial charge in [0.15, 0.2) is 5.82 Å². The standard InChI is InChI=1S/C13H18N4O3/c18-12-5-4-11(17(19)20)13-14-8-10(16(12)13)9-15-6-2-1-3-7-15/h4-5,10,14H,1-3,6-9H2. The summed E-state index contributed by atoms with van der Waals surface area (Å²) in [5.41, 5.74) is -0.191. The molecule has 7 nitrogen and oxygen atoms in total. The minimum Gasteiger partial charge on any atom is -0.364 e. The predicted molar refractivity (Wildman–Crippen MR) is 75.2 cm³/mol. The summed E-state index contributed by atoms with van der Waals surface area (Å²) in [6.45, 7) is 3.46. The molecule has 0 spiro atoms. The SMILES string of the molecule is O=c1ccc([N+](=O)[O-])c2n1C(CN1CCCCC1)CN2. The Labute approximate surface area is 116 Å². The van der Waals surface area contributed by atoms with E-state index in [-0.39, 0.29) is 17.3 Å². The first-order valence-corrected chi connectivity index (χ1v) is 7.03. The van der Waals surface area contributed by atoms with Crippen molar-refractivity contribution in [3.05, 3.63) is 32.6 Å². The third kappa shape index (κ3) is 2.29. The second-order valence-electron chi connectivity index (χ2n) is 5.43. The van der Waals surface area contributed by atoms with Gasteiger partial charge in [-0.25, -0.2) is 0 Å². The van der Waals surface area contributed by atoms with E-state index in [0.29, 0.717) is 12.4 Å². The topological polar surface area (TPSA) is 80.4 Å². The molecule has 0 radical (unpaired) electrons. The lowest BCUT2D eigenvalue weighted by Crippen LogP contribution is -2.37. The molecule has 0 aromatic carbocycles. The average Bonchev–Trinajstić information content (AvgIpc) is 2.85. The summed E-state index contributed by atoms with van der Waals surface area (Å²) in [4.78, 5) is 24.9. The van der Waals surface area contributed by atoms with Crippen LogP contribution >= 0.6 is 0 Å². The second-order valence-corrected chi connectivity index (χ2v) is 5.43. The van der Waals surface area contributed by atoms with Gasteiger partial charge in [0.25, 0.3) is 5.56 Å². The third-order valence-corrected chi connectivity index (χ3v) is 4.09. The van der Waals surface area contributed by atoms with Gasteiger partial charge >= 0.3 is 5.69 Å². The van der Waals surface area contributed by atoms with Crippen LogP contribution in [0.3, 0.4) is 0 Å². The molecule has 1 fully saturated rings. The van der Waals surface area contributed by atoms with Crippen LogP contribution in [0.4, 0.5) is 11.5 Å². The molecule has 0 bridgehead atoms. The summed E-state index contributed by atoms with van der Waals surface area (Å²) in [6.07, 6.45) is 3.65. The molecule has 3 rings (SSSR count). The van der Waals surface area contributed by atoms with Gasteiger partial charge in [-0.15, -0.1) is 0 Å². The first kappa shape index (κ1) is 13.1. The van der Waals surface area contributed by atoms with E-state index in [2.05, 4.69) is 10.2 Å². The third-order valence-electron chi connectivity index (χ3n) is 4.09. The summed E-state index contributed by atoms with van der Waals surface area (Å²) in [7, 11) is 0. The zero-order valence-corrected chi connectivity index (χ0v) is 11.2. The van der Waals surface area contributed by atoms with Gasteiger partial charge in [-0.2, -0.15) is 0 Å². The van der Waals surface area contributed by atoms with Crippen LogP contribution < -0.4 is 10.9 Å². The normalized spacial score (nSPS) is 22.3. The first-order valence-electron chi connectivity index (χ1n) is 7.03. The summed E-state index contributed by atoms with van der Waals surface area (Å²) >= 11 is 0. The zero-order chi connectivity index (χ0) is 14.1. The molecule has 2 aliphatic rings. The smallest absolute Gasteiger partial charge is 0.309 e. The Bertz CT molecular complexity index is 577. The molecule has 108 valence electrons. The number of piperidine rings is 1. The van der Waals surface area contributed by atoms with Gasteiger partial charge in [0, 0.05) is 25.2 Å². The first-order chi connectivity index (χ1) is 9.66. The summed E-state index contributed by atoms with van der Waals surface area (Å²) in [5.74, 6) is 0.351. The van der Waals surface area contributed by atoms with Crippen molar-refractivity contribution >= 4 is 11.5 Å². The summed E-state index contributed by atoms with van der Waals surface area (Å²) < 4.78 is 1.55. The van der Waals surface area contributed by atoms with Crippen molar-refractivity contribution in [1.29, 1.82) is 0 Å². The number of pyridine rings is 1. The van der Waals surface area contributed by atoms with Crippen molar-refractivity contribution in [2.24, 2.45) is 0 Å². The molecule has 7 heteroatoms. The number of nitro groups is 1. The molecule has 1 saturated heterocycles. The summed E-state index contributed by atoms with van der Waals surface area (Å²) in [5, 5.41) is 14.0. The Kier molecular flexibility index (Phi) is 3.43. The Morgan fingerprint density at radius 1 is 1.30 bits per heavy atom. The highest BCUT2D eigenvalue weighted by Crippen LogP contribution is 2.30. The fraction of sp³-hybridized carbons (Fsp3) is 0.615. The number of hydrogen-bond donors (Lipinski definition) is 1. The number of aromatic nitrogens is 1. The van der Waals surface area contributed by atoms with E-state index in [1.54, 1.807) is 4.57 Å². The molecule has 0 saturated carbocycles. The lowest BCUT2D eigenvalue weighted by atomic mass is 10.1. The van der Waals surface area contributed by atoms with E-state index in [9.17, 15) is 14.9 Å². The van der Waals surface area contributed by atoms with Crippen LogP contribution in [0, 0.1) is 10.1 Å². The number of nitrogens with zero attached hydrogens (tertiary/aromatic N) is 3. The van der Waals surface area contributed by atoms with Crippen molar-refractivity contribution in [1.82, 2.24) is 9.47 Å². The lowest BCUT2D eigenvalue weighted by Gasteiger charge is -2.29. The van der Waals surface area contributed by atoms with Crippen LogP contribution in [0.1, 0.15) is 25.3 Å². The van der Waals surface area contributed by atoms with Gasteiger partial charge in [-0.1, -0.05) is 6.42 Å². The molecule has 1 aromatic heterocycles. The maximum Gasteiger partial charge on any atom is 0.309 e. The van der Waals surface area contributed by atoms with Crippen LogP contribution in [0.25, 0.3) is 0 Å². The Morgan fingerprint density at radius 3 is 2.75 bits per heavy atom. The van der Waals surface area contributed by atoms with Crippen LogP contribution in [0.5, 0.6) is 0 Å². The van der Waals surface area contributed by atoms with Crippen molar-refractivity contribution in [2.45, 2.75) is 25.3 Å². The van der Waals surface area contributed by atoms with E-state index in [1.807, 2.05) is 0 Å². The minimum absolute atomic E-state index is 0.0181. The molecule has 1 aromatic rings. The molecule has 2 aliphatic heterocycles. The molecule has 3 heterocycles. The fourth-order valence-electron chi connectivity index (χ4n) is 3.12. The number of fused-ring (bicyclic) bond motifs is 1. The van der Waals surface area contributed by atoms with Crippen LogP contribution in [0.2, 0.25) is 0 Å². The molecule has 0 aliphatic carbocycles. The monoisotopic (exact) mass is 278 g/mol. The van der Waals surface area contributed by atoms with Gasteiger partial charge in [0.05, 0.1) is 11.0 Å². The Balaban J connectivity index is 1.87. The zero-order valence-electron chi connectivity index (χ0n) is 11.2. The molecular formula is C13H18N4O3.